The van der Waals surface area contributed by atoms with E-state index in [-0.39, 0.29) is 24.0 Å². The molecule has 5 nitrogen and oxygen atoms in total. The standard InChI is InChI=1S/C13H28N4OS.HI/c1-4-14-13(15-5-10-19-3)16-11-12(2)17-6-8-18-9-7-17;/h12H,4-11H2,1-3H3,(H2,14,15,16);1H. The van der Waals surface area contributed by atoms with Crippen LogP contribution in [0, 0.1) is 0 Å². The molecule has 1 fully saturated rings. The van der Waals surface area contributed by atoms with Gasteiger partial charge in [-0.2, -0.15) is 11.8 Å². The highest BCUT2D eigenvalue weighted by Crippen LogP contribution is 2.03. The monoisotopic (exact) mass is 416 g/mol. The number of morpholine rings is 1. The second-order valence-electron chi connectivity index (χ2n) is 4.64. The molecule has 1 unspecified atom stereocenters. The summed E-state index contributed by atoms with van der Waals surface area (Å²) in [6.45, 7) is 10.8. The molecule has 0 bridgehead atoms. The van der Waals surface area contributed by atoms with Crippen LogP contribution in [0.1, 0.15) is 13.8 Å². The third-order valence-electron chi connectivity index (χ3n) is 3.13. The van der Waals surface area contributed by atoms with Crippen LogP contribution in [0.4, 0.5) is 0 Å². The van der Waals surface area contributed by atoms with E-state index in [1.807, 2.05) is 11.8 Å². The van der Waals surface area contributed by atoms with Crippen molar-refractivity contribution in [3.8, 4) is 0 Å². The Morgan fingerprint density at radius 2 is 2.05 bits per heavy atom. The number of hydrogen-bond donors (Lipinski definition) is 2. The SMILES string of the molecule is CCNC(=NCC(C)N1CCOCC1)NCCSC.I. The van der Waals surface area contributed by atoms with E-state index >= 15 is 0 Å². The molecule has 1 saturated heterocycles. The molecule has 120 valence electrons. The van der Waals surface area contributed by atoms with Crippen LogP contribution in [0.25, 0.3) is 0 Å². The highest BCUT2D eigenvalue weighted by Gasteiger charge is 2.16. The van der Waals surface area contributed by atoms with E-state index in [1.165, 1.54) is 0 Å². The largest absolute Gasteiger partial charge is 0.379 e. The molecule has 0 aromatic carbocycles. The summed E-state index contributed by atoms with van der Waals surface area (Å²) < 4.78 is 5.38. The predicted octanol–water partition coefficient (Wildman–Crippen LogP) is 1.24. The number of ether oxygens (including phenoxy) is 1. The molecule has 2 N–H and O–H groups in total. The van der Waals surface area contributed by atoms with Gasteiger partial charge in [0.25, 0.3) is 0 Å². The third kappa shape index (κ3) is 8.53. The summed E-state index contributed by atoms with van der Waals surface area (Å²) in [5.41, 5.74) is 0. The maximum atomic E-state index is 5.38. The van der Waals surface area contributed by atoms with Gasteiger partial charge >= 0.3 is 0 Å². The molecular weight excluding hydrogens is 387 g/mol. The van der Waals surface area contributed by atoms with E-state index in [1.54, 1.807) is 0 Å². The molecule has 0 aromatic rings. The van der Waals surface area contributed by atoms with Crippen molar-refractivity contribution in [2.75, 3.05) is 57.9 Å². The summed E-state index contributed by atoms with van der Waals surface area (Å²) >= 11 is 1.84. The molecule has 1 aliphatic heterocycles. The second kappa shape index (κ2) is 13.0. The first-order valence-electron chi connectivity index (χ1n) is 7.10. The topological polar surface area (TPSA) is 48.9 Å². The first kappa shape index (κ1) is 20.3. The van der Waals surface area contributed by atoms with Crippen molar-refractivity contribution < 1.29 is 4.74 Å². The predicted molar refractivity (Wildman–Crippen MR) is 99.6 cm³/mol. The Hall–Kier alpha value is 0.270. The molecule has 20 heavy (non-hydrogen) atoms. The Morgan fingerprint density at radius 3 is 2.65 bits per heavy atom. The summed E-state index contributed by atoms with van der Waals surface area (Å²) in [6, 6.07) is 0.472. The van der Waals surface area contributed by atoms with E-state index in [4.69, 9.17) is 4.74 Å². The molecule has 1 aliphatic rings. The fourth-order valence-electron chi connectivity index (χ4n) is 1.97. The zero-order valence-electron chi connectivity index (χ0n) is 12.9. The van der Waals surface area contributed by atoms with Gasteiger partial charge in [-0.15, -0.1) is 24.0 Å². The van der Waals surface area contributed by atoms with Gasteiger partial charge in [-0.25, -0.2) is 0 Å². The Bertz CT molecular complexity index is 263. The lowest BCUT2D eigenvalue weighted by atomic mass is 10.2. The van der Waals surface area contributed by atoms with Gasteiger partial charge in [0, 0.05) is 38.0 Å². The van der Waals surface area contributed by atoms with Gasteiger partial charge in [0.15, 0.2) is 5.96 Å². The molecule has 0 radical (unpaired) electrons. The van der Waals surface area contributed by atoms with Gasteiger partial charge in [0.05, 0.1) is 19.8 Å². The lowest BCUT2D eigenvalue weighted by Crippen LogP contribution is -2.44. The van der Waals surface area contributed by atoms with E-state index in [2.05, 4.69) is 40.6 Å². The van der Waals surface area contributed by atoms with Crippen LogP contribution in [0.15, 0.2) is 4.99 Å². The minimum atomic E-state index is 0. The number of thioether (sulfide) groups is 1. The summed E-state index contributed by atoms with van der Waals surface area (Å²) in [5, 5.41) is 6.64. The maximum absolute atomic E-state index is 5.38. The molecule has 1 heterocycles. The van der Waals surface area contributed by atoms with Gasteiger partial charge in [-0.3, -0.25) is 9.89 Å². The zero-order chi connectivity index (χ0) is 13.9. The van der Waals surface area contributed by atoms with Crippen molar-refractivity contribution in [3.05, 3.63) is 0 Å². The average molecular weight is 416 g/mol. The molecule has 0 amide bonds. The van der Waals surface area contributed by atoms with Crippen LogP contribution in [0.3, 0.4) is 0 Å². The molecule has 0 aliphatic carbocycles. The van der Waals surface area contributed by atoms with Crippen molar-refractivity contribution in [2.24, 2.45) is 4.99 Å². The first-order chi connectivity index (χ1) is 9.27. The number of hydrogen-bond acceptors (Lipinski definition) is 4. The lowest BCUT2D eigenvalue weighted by Gasteiger charge is -2.31. The van der Waals surface area contributed by atoms with E-state index < -0.39 is 0 Å². The van der Waals surface area contributed by atoms with Crippen molar-refractivity contribution >= 4 is 41.7 Å². The highest BCUT2D eigenvalue weighted by molar-refractivity contribution is 14.0. The molecule has 0 aromatic heterocycles. The molecule has 1 rings (SSSR count). The summed E-state index contributed by atoms with van der Waals surface area (Å²) in [5.74, 6) is 2.03. The molecule has 0 spiro atoms. The van der Waals surface area contributed by atoms with Crippen LogP contribution in [0.5, 0.6) is 0 Å². The number of aliphatic imine (C=N–C) groups is 1. The summed E-state index contributed by atoms with van der Waals surface area (Å²) in [7, 11) is 0. The van der Waals surface area contributed by atoms with Crippen molar-refractivity contribution in [1.82, 2.24) is 15.5 Å². The van der Waals surface area contributed by atoms with Crippen molar-refractivity contribution in [1.29, 1.82) is 0 Å². The quantitative estimate of drug-likeness (QED) is 0.283. The number of nitrogens with one attached hydrogen (secondary N) is 2. The molecule has 0 saturated carbocycles. The third-order valence-corrected chi connectivity index (χ3v) is 3.74. The van der Waals surface area contributed by atoms with Crippen LogP contribution in [0.2, 0.25) is 0 Å². The summed E-state index contributed by atoms with van der Waals surface area (Å²) in [6.07, 6.45) is 2.12. The second-order valence-corrected chi connectivity index (χ2v) is 5.62. The maximum Gasteiger partial charge on any atom is 0.191 e. The Morgan fingerprint density at radius 1 is 1.35 bits per heavy atom. The Kier molecular flexibility index (Phi) is 13.1. The van der Waals surface area contributed by atoms with E-state index in [9.17, 15) is 0 Å². The number of nitrogens with zero attached hydrogens (tertiary/aromatic N) is 2. The zero-order valence-corrected chi connectivity index (χ0v) is 16.0. The highest BCUT2D eigenvalue weighted by atomic mass is 127. The smallest absolute Gasteiger partial charge is 0.191 e. The fraction of sp³-hybridized carbons (Fsp3) is 0.923. The lowest BCUT2D eigenvalue weighted by molar-refractivity contribution is 0.0220. The van der Waals surface area contributed by atoms with Crippen molar-refractivity contribution in [3.63, 3.8) is 0 Å². The first-order valence-corrected chi connectivity index (χ1v) is 8.50. The van der Waals surface area contributed by atoms with E-state index in [0.29, 0.717) is 6.04 Å². The van der Waals surface area contributed by atoms with Crippen LogP contribution in [-0.2, 0) is 4.74 Å². The number of guanidine groups is 1. The number of halogens is 1. The van der Waals surface area contributed by atoms with E-state index in [0.717, 1.165) is 57.6 Å². The Balaban J connectivity index is 0.00000361. The van der Waals surface area contributed by atoms with Gasteiger partial charge in [0.2, 0.25) is 0 Å². The van der Waals surface area contributed by atoms with Crippen LogP contribution in [-0.4, -0.2) is 74.8 Å². The normalized spacial score (nSPS) is 18.2. The minimum Gasteiger partial charge on any atom is -0.379 e. The molecular formula is C13H29IN4OS. The van der Waals surface area contributed by atoms with Crippen LogP contribution < -0.4 is 10.6 Å². The average Bonchev–Trinajstić information content (AvgIpc) is 2.45. The van der Waals surface area contributed by atoms with Gasteiger partial charge in [-0.1, -0.05) is 0 Å². The Labute approximate surface area is 144 Å². The fourth-order valence-corrected chi connectivity index (χ4v) is 2.28. The van der Waals surface area contributed by atoms with Gasteiger partial charge in [-0.05, 0) is 20.1 Å². The number of rotatable bonds is 7. The molecule has 7 heteroatoms. The van der Waals surface area contributed by atoms with Gasteiger partial charge in [0.1, 0.15) is 0 Å². The summed E-state index contributed by atoms with van der Waals surface area (Å²) in [4.78, 5) is 7.11. The van der Waals surface area contributed by atoms with Crippen molar-refractivity contribution in [2.45, 2.75) is 19.9 Å². The minimum absolute atomic E-state index is 0. The molecule has 1 atom stereocenters. The van der Waals surface area contributed by atoms with Crippen LogP contribution >= 0.6 is 35.7 Å². The van der Waals surface area contributed by atoms with Gasteiger partial charge < -0.3 is 15.4 Å².